The third kappa shape index (κ3) is 5.33. The third-order valence-corrected chi connectivity index (χ3v) is 5.08. The Kier molecular flexibility index (Phi) is 7.62. The van der Waals surface area contributed by atoms with Gasteiger partial charge in [0.2, 0.25) is 5.91 Å². The van der Waals surface area contributed by atoms with Crippen molar-refractivity contribution >= 4 is 35.1 Å². The van der Waals surface area contributed by atoms with Gasteiger partial charge in [-0.3, -0.25) is 14.4 Å². The summed E-state index contributed by atoms with van der Waals surface area (Å²) < 4.78 is 1.50. The first-order chi connectivity index (χ1) is 15.4. The Morgan fingerprint density at radius 2 is 1.66 bits per heavy atom. The number of benzene rings is 2. The molecule has 9 heteroatoms. The number of carbonyl (C=O) groups excluding carboxylic acids is 3. The minimum atomic E-state index is -0.487. The summed E-state index contributed by atoms with van der Waals surface area (Å²) in [6.45, 7) is 4.54. The minimum absolute atomic E-state index is 0.238. The predicted molar refractivity (Wildman–Crippen MR) is 123 cm³/mol. The summed E-state index contributed by atoms with van der Waals surface area (Å²) in [5.74, 6) is -0.886. The zero-order valence-corrected chi connectivity index (χ0v) is 18.6. The number of rotatable bonds is 8. The van der Waals surface area contributed by atoms with Crippen molar-refractivity contribution in [1.82, 2.24) is 20.0 Å². The summed E-state index contributed by atoms with van der Waals surface area (Å²) in [6.07, 6.45) is 1.44. The van der Waals surface area contributed by atoms with Crippen molar-refractivity contribution in [3.63, 3.8) is 0 Å². The summed E-state index contributed by atoms with van der Waals surface area (Å²) in [7, 11) is 0. The van der Waals surface area contributed by atoms with Crippen LogP contribution >= 0.6 is 11.6 Å². The van der Waals surface area contributed by atoms with Gasteiger partial charge in [0.25, 0.3) is 11.8 Å². The van der Waals surface area contributed by atoms with Gasteiger partial charge < -0.3 is 15.5 Å². The summed E-state index contributed by atoms with van der Waals surface area (Å²) in [5, 5.41) is 10.1. The Bertz CT molecular complexity index is 1090. The molecule has 0 atom stereocenters. The number of aromatic nitrogens is 2. The highest BCUT2D eigenvalue weighted by atomic mass is 35.5. The summed E-state index contributed by atoms with van der Waals surface area (Å²) in [4.78, 5) is 39.6. The zero-order chi connectivity index (χ0) is 23.1. The van der Waals surface area contributed by atoms with Gasteiger partial charge in [-0.15, -0.1) is 0 Å². The molecule has 0 aliphatic heterocycles. The minimum Gasteiger partial charge on any atom is -0.343 e. The van der Waals surface area contributed by atoms with Crippen LogP contribution in [0.4, 0.5) is 5.82 Å². The monoisotopic (exact) mass is 453 g/mol. The first kappa shape index (κ1) is 23.0. The maximum atomic E-state index is 13.0. The molecule has 0 fully saturated rings. The van der Waals surface area contributed by atoms with E-state index in [9.17, 15) is 14.4 Å². The highest BCUT2D eigenvalue weighted by Gasteiger charge is 2.23. The van der Waals surface area contributed by atoms with E-state index in [1.165, 1.54) is 10.9 Å². The van der Waals surface area contributed by atoms with E-state index in [2.05, 4.69) is 15.7 Å². The number of hydrogen-bond acceptors (Lipinski definition) is 4. The molecule has 166 valence electrons. The Hall–Kier alpha value is -3.65. The van der Waals surface area contributed by atoms with E-state index in [1.807, 2.05) is 44.2 Å². The number of nitrogens with zero attached hydrogens (tertiary/aromatic N) is 3. The largest absolute Gasteiger partial charge is 0.343 e. The molecule has 0 spiro atoms. The van der Waals surface area contributed by atoms with Crippen molar-refractivity contribution in [2.24, 2.45) is 0 Å². The van der Waals surface area contributed by atoms with Gasteiger partial charge in [-0.2, -0.15) is 5.10 Å². The van der Waals surface area contributed by atoms with Crippen molar-refractivity contribution < 1.29 is 14.4 Å². The van der Waals surface area contributed by atoms with Gasteiger partial charge in [-0.25, -0.2) is 4.68 Å². The normalized spacial score (nSPS) is 10.5. The standard InChI is InChI=1S/C23H24ClN5O3/c1-3-28(4-2)23(32)19-14-26-29(18-8-6-5-7-9-18)21(19)27-20(30)15-25-22(31)16-10-12-17(24)13-11-16/h5-14H,3-4,15H2,1-2H3,(H,25,31)(H,27,30). The molecule has 0 aliphatic carbocycles. The van der Waals surface area contributed by atoms with Crippen molar-refractivity contribution in [2.75, 3.05) is 25.0 Å². The van der Waals surface area contributed by atoms with Crippen LogP contribution < -0.4 is 10.6 Å². The first-order valence-corrected chi connectivity index (χ1v) is 10.6. The van der Waals surface area contributed by atoms with Gasteiger partial charge in [0.1, 0.15) is 11.4 Å². The quantitative estimate of drug-likeness (QED) is 0.546. The molecule has 2 N–H and O–H groups in total. The Morgan fingerprint density at radius 3 is 2.28 bits per heavy atom. The van der Waals surface area contributed by atoms with Crippen LogP contribution in [0.2, 0.25) is 5.02 Å². The van der Waals surface area contributed by atoms with Gasteiger partial charge >= 0.3 is 0 Å². The number of anilines is 1. The summed E-state index contributed by atoms with van der Waals surface area (Å²) in [6, 6.07) is 15.5. The fourth-order valence-electron chi connectivity index (χ4n) is 3.11. The highest BCUT2D eigenvalue weighted by Crippen LogP contribution is 2.22. The molecule has 0 aliphatic rings. The number of hydrogen-bond donors (Lipinski definition) is 2. The van der Waals surface area contributed by atoms with Gasteiger partial charge in [0.15, 0.2) is 0 Å². The lowest BCUT2D eigenvalue weighted by Gasteiger charge is -2.19. The maximum absolute atomic E-state index is 13.0. The predicted octanol–water partition coefficient (Wildman–Crippen LogP) is 3.38. The van der Waals surface area contributed by atoms with E-state index in [0.717, 1.165) is 0 Å². The van der Waals surface area contributed by atoms with E-state index < -0.39 is 11.8 Å². The van der Waals surface area contributed by atoms with Crippen LogP contribution in [0.15, 0.2) is 60.8 Å². The fourth-order valence-corrected chi connectivity index (χ4v) is 3.24. The number of nitrogens with one attached hydrogen (secondary N) is 2. The van der Waals surface area contributed by atoms with Crippen LogP contribution in [0.3, 0.4) is 0 Å². The molecule has 32 heavy (non-hydrogen) atoms. The molecule has 1 heterocycles. The molecular formula is C23H24ClN5O3. The van der Waals surface area contributed by atoms with Gasteiger partial charge in [-0.1, -0.05) is 29.8 Å². The van der Waals surface area contributed by atoms with Crippen LogP contribution in [0.5, 0.6) is 0 Å². The van der Waals surface area contributed by atoms with Crippen LogP contribution in [0.25, 0.3) is 5.69 Å². The molecule has 2 aromatic carbocycles. The molecular weight excluding hydrogens is 430 g/mol. The SMILES string of the molecule is CCN(CC)C(=O)c1cnn(-c2ccccc2)c1NC(=O)CNC(=O)c1ccc(Cl)cc1. The topological polar surface area (TPSA) is 96.3 Å². The van der Waals surface area contributed by atoms with Gasteiger partial charge in [-0.05, 0) is 50.2 Å². The number of amides is 3. The second-order valence-electron chi connectivity index (χ2n) is 6.87. The fraction of sp³-hybridized carbons (Fsp3) is 0.217. The van der Waals surface area contributed by atoms with E-state index in [4.69, 9.17) is 11.6 Å². The van der Waals surface area contributed by atoms with Crippen LogP contribution in [-0.4, -0.2) is 52.0 Å². The average Bonchev–Trinajstić information content (AvgIpc) is 3.22. The lowest BCUT2D eigenvalue weighted by Crippen LogP contribution is -2.34. The number of carbonyl (C=O) groups is 3. The van der Waals surface area contributed by atoms with Gasteiger partial charge in [0, 0.05) is 23.7 Å². The molecule has 0 unspecified atom stereocenters. The second kappa shape index (κ2) is 10.6. The molecule has 0 saturated carbocycles. The van der Waals surface area contributed by atoms with Crippen LogP contribution in [-0.2, 0) is 4.79 Å². The van der Waals surface area contributed by atoms with Gasteiger partial charge in [0.05, 0.1) is 18.4 Å². The zero-order valence-electron chi connectivity index (χ0n) is 17.8. The maximum Gasteiger partial charge on any atom is 0.259 e. The Balaban J connectivity index is 1.80. The molecule has 3 rings (SSSR count). The smallest absolute Gasteiger partial charge is 0.259 e. The molecule has 3 amide bonds. The highest BCUT2D eigenvalue weighted by molar-refractivity contribution is 6.30. The molecule has 0 radical (unpaired) electrons. The molecule has 1 aromatic heterocycles. The van der Waals surface area contributed by atoms with Crippen molar-refractivity contribution in [1.29, 1.82) is 0 Å². The average molecular weight is 454 g/mol. The summed E-state index contributed by atoms with van der Waals surface area (Å²) in [5.41, 5.74) is 1.34. The Labute approximate surface area is 191 Å². The van der Waals surface area contributed by atoms with E-state index in [0.29, 0.717) is 29.4 Å². The lowest BCUT2D eigenvalue weighted by atomic mass is 10.2. The molecule has 0 bridgehead atoms. The molecule has 3 aromatic rings. The van der Waals surface area contributed by atoms with E-state index in [-0.39, 0.29) is 23.8 Å². The molecule has 8 nitrogen and oxygen atoms in total. The Morgan fingerprint density at radius 1 is 1.00 bits per heavy atom. The number of para-hydroxylation sites is 1. The van der Waals surface area contributed by atoms with Crippen molar-refractivity contribution in [3.05, 3.63) is 76.9 Å². The van der Waals surface area contributed by atoms with E-state index in [1.54, 1.807) is 29.2 Å². The van der Waals surface area contributed by atoms with Crippen molar-refractivity contribution in [2.45, 2.75) is 13.8 Å². The second-order valence-corrected chi connectivity index (χ2v) is 7.31. The van der Waals surface area contributed by atoms with Crippen molar-refractivity contribution in [3.8, 4) is 5.69 Å². The molecule has 0 saturated heterocycles. The number of halogens is 1. The summed E-state index contributed by atoms with van der Waals surface area (Å²) >= 11 is 5.84. The third-order valence-electron chi connectivity index (χ3n) is 4.82. The van der Waals surface area contributed by atoms with Crippen LogP contribution in [0, 0.1) is 0 Å². The van der Waals surface area contributed by atoms with Crippen LogP contribution in [0.1, 0.15) is 34.6 Å². The first-order valence-electron chi connectivity index (χ1n) is 10.2. The lowest BCUT2D eigenvalue weighted by molar-refractivity contribution is -0.115. The van der Waals surface area contributed by atoms with E-state index >= 15 is 0 Å².